The molecule has 0 aromatic heterocycles. The smallest absolute Gasteiger partial charge is 0.322 e. The van der Waals surface area contributed by atoms with Crippen molar-refractivity contribution in [1.29, 1.82) is 0 Å². The van der Waals surface area contributed by atoms with Crippen LogP contribution in [-0.2, 0) is 9.59 Å². The second-order valence-electron chi connectivity index (χ2n) is 3.69. The average molecular weight is 200 g/mol. The lowest BCUT2D eigenvalue weighted by molar-refractivity contribution is -0.138. The van der Waals surface area contributed by atoms with Crippen molar-refractivity contribution < 1.29 is 14.7 Å². The van der Waals surface area contributed by atoms with E-state index in [0.29, 0.717) is 6.04 Å². The van der Waals surface area contributed by atoms with Crippen LogP contribution in [0.4, 0.5) is 0 Å². The van der Waals surface area contributed by atoms with Gasteiger partial charge in [0.25, 0.3) is 0 Å². The van der Waals surface area contributed by atoms with Gasteiger partial charge in [-0.2, -0.15) is 0 Å². The quantitative estimate of drug-likeness (QED) is 0.578. The number of carboxylic acid groups (broad SMARTS) is 1. The molecule has 0 aliphatic carbocycles. The fourth-order valence-corrected chi connectivity index (χ4v) is 1.68. The van der Waals surface area contributed by atoms with Crippen molar-refractivity contribution in [1.82, 2.24) is 10.6 Å². The van der Waals surface area contributed by atoms with Gasteiger partial charge in [-0.15, -0.1) is 0 Å². The van der Waals surface area contributed by atoms with Gasteiger partial charge in [0.15, 0.2) is 0 Å². The average Bonchev–Trinajstić information content (AvgIpc) is 2.14. The van der Waals surface area contributed by atoms with E-state index in [-0.39, 0.29) is 18.4 Å². The summed E-state index contributed by atoms with van der Waals surface area (Å²) in [6.07, 6.45) is 1.57. The number of nitrogens with one attached hydrogen (secondary N) is 2. The first-order valence-electron chi connectivity index (χ1n) is 4.82. The van der Waals surface area contributed by atoms with Crippen LogP contribution in [0.2, 0.25) is 0 Å². The lowest BCUT2D eigenvalue weighted by atomic mass is 9.92. The summed E-state index contributed by atoms with van der Waals surface area (Å²) in [5.74, 6) is -1.17. The van der Waals surface area contributed by atoms with Crippen molar-refractivity contribution in [2.24, 2.45) is 5.92 Å². The number of carbonyl (C=O) groups excluding carboxylic acids is 1. The van der Waals surface area contributed by atoms with Crippen LogP contribution in [0.25, 0.3) is 0 Å². The Morgan fingerprint density at radius 3 is 2.86 bits per heavy atom. The van der Waals surface area contributed by atoms with Gasteiger partial charge >= 0.3 is 5.97 Å². The molecule has 1 rings (SSSR count). The first kappa shape index (κ1) is 11.0. The Labute approximate surface area is 82.9 Å². The van der Waals surface area contributed by atoms with Crippen molar-refractivity contribution >= 4 is 11.9 Å². The Bertz CT molecular complexity index is 230. The molecule has 0 spiro atoms. The predicted molar refractivity (Wildman–Crippen MR) is 50.8 cm³/mol. The van der Waals surface area contributed by atoms with E-state index in [1.807, 2.05) is 6.92 Å². The summed E-state index contributed by atoms with van der Waals surface area (Å²) in [4.78, 5) is 21.7. The highest BCUT2D eigenvalue weighted by Crippen LogP contribution is 2.15. The first-order valence-corrected chi connectivity index (χ1v) is 4.82. The Morgan fingerprint density at radius 1 is 1.57 bits per heavy atom. The number of piperidine rings is 1. The van der Waals surface area contributed by atoms with Gasteiger partial charge in [-0.05, 0) is 26.3 Å². The molecule has 1 aliphatic rings. The van der Waals surface area contributed by atoms with Crippen LogP contribution in [0.15, 0.2) is 0 Å². The van der Waals surface area contributed by atoms with Gasteiger partial charge in [-0.3, -0.25) is 9.59 Å². The number of carboxylic acids is 1. The molecule has 0 radical (unpaired) electrons. The Balaban J connectivity index is 2.32. The van der Waals surface area contributed by atoms with Gasteiger partial charge in [-0.25, -0.2) is 0 Å². The zero-order chi connectivity index (χ0) is 10.6. The van der Waals surface area contributed by atoms with Gasteiger partial charge in [-0.1, -0.05) is 0 Å². The Morgan fingerprint density at radius 2 is 2.29 bits per heavy atom. The normalized spacial score (nSPS) is 26.9. The van der Waals surface area contributed by atoms with Gasteiger partial charge in [0.2, 0.25) is 5.91 Å². The molecule has 1 fully saturated rings. The third kappa shape index (κ3) is 3.33. The molecule has 0 aromatic carbocycles. The van der Waals surface area contributed by atoms with Crippen LogP contribution in [0.3, 0.4) is 0 Å². The van der Waals surface area contributed by atoms with E-state index in [2.05, 4.69) is 10.6 Å². The minimum absolute atomic E-state index is 0.0365. The van der Waals surface area contributed by atoms with Crippen LogP contribution in [0.1, 0.15) is 19.8 Å². The molecule has 5 nitrogen and oxygen atoms in total. The van der Waals surface area contributed by atoms with Crippen molar-refractivity contribution in [3.63, 3.8) is 0 Å². The maximum Gasteiger partial charge on any atom is 0.322 e. The third-order valence-corrected chi connectivity index (χ3v) is 2.41. The van der Waals surface area contributed by atoms with Crippen molar-refractivity contribution in [2.75, 3.05) is 13.1 Å². The maximum atomic E-state index is 11.4. The molecule has 0 saturated carbocycles. The summed E-state index contributed by atoms with van der Waals surface area (Å²) in [5, 5.41) is 14.0. The maximum absolute atomic E-state index is 11.4. The third-order valence-electron chi connectivity index (χ3n) is 2.41. The molecule has 0 bridgehead atoms. The summed E-state index contributed by atoms with van der Waals surface area (Å²) >= 11 is 0. The van der Waals surface area contributed by atoms with E-state index in [1.54, 1.807) is 0 Å². The number of hydrogen-bond donors (Lipinski definition) is 3. The number of hydrogen-bond acceptors (Lipinski definition) is 3. The summed E-state index contributed by atoms with van der Waals surface area (Å²) < 4.78 is 0. The number of amides is 1. The lowest BCUT2D eigenvalue weighted by Crippen LogP contribution is -2.43. The van der Waals surface area contributed by atoms with Crippen LogP contribution in [-0.4, -0.2) is 36.1 Å². The molecule has 0 aromatic rings. The summed E-state index contributed by atoms with van der Waals surface area (Å²) in [6, 6.07) is 0.337. The highest BCUT2D eigenvalue weighted by atomic mass is 16.4. The lowest BCUT2D eigenvalue weighted by Gasteiger charge is -2.26. The van der Waals surface area contributed by atoms with E-state index in [4.69, 9.17) is 5.11 Å². The molecule has 1 heterocycles. The van der Waals surface area contributed by atoms with Gasteiger partial charge < -0.3 is 15.7 Å². The summed E-state index contributed by atoms with van der Waals surface area (Å²) in [6.45, 7) is 2.57. The van der Waals surface area contributed by atoms with Crippen molar-refractivity contribution in [3.05, 3.63) is 0 Å². The van der Waals surface area contributed by atoms with E-state index in [9.17, 15) is 9.59 Å². The van der Waals surface area contributed by atoms with Crippen molar-refractivity contribution in [3.8, 4) is 0 Å². The SMILES string of the molecule is CC1CC(C(=O)NCC(=O)O)CCN1. The standard InChI is InChI=1S/C9H16N2O3/c1-6-4-7(2-3-10-6)9(14)11-5-8(12)13/h6-7,10H,2-5H2,1H3,(H,11,14)(H,12,13). The monoisotopic (exact) mass is 200 g/mol. The van der Waals surface area contributed by atoms with E-state index in [1.165, 1.54) is 0 Å². The molecule has 1 saturated heterocycles. The second kappa shape index (κ2) is 4.95. The predicted octanol–water partition coefficient (Wildman–Crippen LogP) is -0.425. The highest BCUT2D eigenvalue weighted by Gasteiger charge is 2.24. The molecule has 1 amide bonds. The fourth-order valence-electron chi connectivity index (χ4n) is 1.68. The van der Waals surface area contributed by atoms with E-state index < -0.39 is 5.97 Å². The summed E-state index contributed by atoms with van der Waals surface area (Å²) in [7, 11) is 0. The fraction of sp³-hybridized carbons (Fsp3) is 0.778. The number of rotatable bonds is 3. The van der Waals surface area contributed by atoms with Crippen LogP contribution in [0.5, 0.6) is 0 Å². The molecule has 3 N–H and O–H groups in total. The van der Waals surface area contributed by atoms with E-state index in [0.717, 1.165) is 19.4 Å². The molecule has 2 unspecified atom stereocenters. The number of aliphatic carboxylic acids is 1. The molecule has 1 aliphatic heterocycles. The van der Waals surface area contributed by atoms with Gasteiger partial charge in [0, 0.05) is 12.0 Å². The zero-order valence-corrected chi connectivity index (χ0v) is 8.25. The first-order chi connectivity index (χ1) is 6.59. The molecular weight excluding hydrogens is 184 g/mol. The molecular formula is C9H16N2O3. The van der Waals surface area contributed by atoms with Crippen LogP contribution < -0.4 is 10.6 Å². The molecule has 80 valence electrons. The molecule has 2 atom stereocenters. The second-order valence-corrected chi connectivity index (χ2v) is 3.69. The Kier molecular flexibility index (Phi) is 3.88. The molecule has 14 heavy (non-hydrogen) atoms. The van der Waals surface area contributed by atoms with Crippen molar-refractivity contribution in [2.45, 2.75) is 25.8 Å². The number of carbonyl (C=O) groups is 2. The highest BCUT2D eigenvalue weighted by molar-refractivity contribution is 5.82. The summed E-state index contributed by atoms with van der Waals surface area (Å²) in [5.41, 5.74) is 0. The zero-order valence-electron chi connectivity index (χ0n) is 8.25. The molecule has 5 heteroatoms. The van der Waals surface area contributed by atoms with Crippen LogP contribution in [0, 0.1) is 5.92 Å². The Hall–Kier alpha value is -1.10. The minimum atomic E-state index is -1.000. The van der Waals surface area contributed by atoms with Crippen LogP contribution >= 0.6 is 0 Å². The largest absolute Gasteiger partial charge is 0.480 e. The van der Waals surface area contributed by atoms with Gasteiger partial charge in [0.05, 0.1) is 0 Å². The minimum Gasteiger partial charge on any atom is -0.480 e. The van der Waals surface area contributed by atoms with Gasteiger partial charge in [0.1, 0.15) is 6.54 Å². The topological polar surface area (TPSA) is 78.4 Å². The van der Waals surface area contributed by atoms with E-state index >= 15 is 0 Å².